The Bertz CT molecular complexity index is 528. The molecule has 2 rings (SSSR count). The third kappa shape index (κ3) is 2.14. The first-order valence-corrected chi connectivity index (χ1v) is 6.34. The molecule has 0 saturated carbocycles. The Balaban J connectivity index is 2.48. The minimum Gasteiger partial charge on any atom is -0.251 e. The van der Waals surface area contributed by atoms with Crippen molar-refractivity contribution in [2.75, 3.05) is 6.26 Å². The molecular weight excluding hydrogens is 222 g/mol. The number of hydrogen-bond acceptors (Lipinski definition) is 4. The van der Waals surface area contributed by atoms with E-state index in [4.69, 9.17) is 0 Å². The molecule has 0 amide bonds. The standard InChI is InChI=1S/C11H11N3OS/c1-8-10(9-6-4-3-5-7-9)13-14-11(12-8)16(2)15/h3-7H,1-2H3. The zero-order valence-electron chi connectivity index (χ0n) is 9.04. The van der Waals surface area contributed by atoms with Gasteiger partial charge in [-0.2, -0.15) is 0 Å². The molecule has 16 heavy (non-hydrogen) atoms. The van der Waals surface area contributed by atoms with E-state index in [1.165, 1.54) is 0 Å². The van der Waals surface area contributed by atoms with Crippen molar-refractivity contribution < 1.29 is 4.21 Å². The summed E-state index contributed by atoms with van der Waals surface area (Å²) in [4.78, 5) is 4.18. The molecule has 5 heteroatoms. The fourth-order valence-electron chi connectivity index (χ4n) is 1.37. The normalized spacial score (nSPS) is 12.4. The molecule has 0 spiro atoms. The Morgan fingerprint density at radius 2 is 1.81 bits per heavy atom. The van der Waals surface area contributed by atoms with Crippen LogP contribution in [-0.2, 0) is 10.8 Å². The molecule has 4 nitrogen and oxygen atoms in total. The number of nitrogens with zero attached hydrogens (tertiary/aromatic N) is 3. The van der Waals surface area contributed by atoms with E-state index in [9.17, 15) is 4.21 Å². The van der Waals surface area contributed by atoms with Crippen molar-refractivity contribution >= 4 is 10.8 Å². The first-order chi connectivity index (χ1) is 7.68. The van der Waals surface area contributed by atoms with Gasteiger partial charge in [0, 0.05) is 11.8 Å². The van der Waals surface area contributed by atoms with E-state index in [2.05, 4.69) is 15.2 Å². The van der Waals surface area contributed by atoms with E-state index in [1.54, 1.807) is 6.26 Å². The van der Waals surface area contributed by atoms with Crippen LogP contribution in [0.4, 0.5) is 0 Å². The van der Waals surface area contributed by atoms with Crippen LogP contribution in [0.15, 0.2) is 35.5 Å². The van der Waals surface area contributed by atoms with E-state index >= 15 is 0 Å². The maximum atomic E-state index is 11.2. The highest BCUT2D eigenvalue weighted by Crippen LogP contribution is 2.18. The molecular formula is C11H11N3OS. The van der Waals surface area contributed by atoms with Crippen molar-refractivity contribution in [3.8, 4) is 11.3 Å². The second-order valence-corrected chi connectivity index (χ2v) is 4.62. The van der Waals surface area contributed by atoms with Gasteiger partial charge in [-0.1, -0.05) is 30.3 Å². The van der Waals surface area contributed by atoms with Crippen molar-refractivity contribution in [3.05, 3.63) is 36.0 Å². The highest BCUT2D eigenvalue weighted by atomic mass is 32.2. The van der Waals surface area contributed by atoms with Crippen LogP contribution in [0.1, 0.15) is 5.69 Å². The van der Waals surface area contributed by atoms with Gasteiger partial charge in [-0.05, 0) is 6.92 Å². The van der Waals surface area contributed by atoms with Crippen LogP contribution in [0.2, 0.25) is 0 Å². The molecule has 2 aromatic rings. The largest absolute Gasteiger partial charge is 0.251 e. The van der Waals surface area contributed by atoms with Gasteiger partial charge in [0.25, 0.3) is 0 Å². The molecule has 0 aliphatic rings. The van der Waals surface area contributed by atoms with Gasteiger partial charge in [-0.15, -0.1) is 10.2 Å². The topological polar surface area (TPSA) is 55.7 Å². The molecule has 82 valence electrons. The van der Waals surface area contributed by atoms with E-state index in [0.29, 0.717) is 0 Å². The van der Waals surface area contributed by atoms with Gasteiger partial charge in [0.05, 0.1) is 16.5 Å². The van der Waals surface area contributed by atoms with E-state index < -0.39 is 10.8 Å². The van der Waals surface area contributed by atoms with Crippen LogP contribution in [0.3, 0.4) is 0 Å². The molecule has 0 fully saturated rings. The van der Waals surface area contributed by atoms with Crippen LogP contribution in [0.5, 0.6) is 0 Å². The Morgan fingerprint density at radius 3 is 2.38 bits per heavy atom. The minimum absolute atomic E-state index is 0.275. The van der Waals surface area contributed by atoms with Gasteiger partial charge >= 0.3 is 0 Å². The van der Waals surface area contributed by atoms with Gasteiger partial charge in [0.1, 0.15) is 5.69 Å². The summed E-state index contributed by atoms with van der Waals surface area (Å²) in [6.07, 6.45) is 1.54. The predicted molar refractivity (Wildman–Crippen MR) is 62.3 cm³/mol. The number of aryl methyl sites for hydroxylation is 1. The molecule has 0 N–H and O–H groups in total. The number of benzene rings is 1. The summed E-state index contributed by atoms with van der Waals surface area (Å²) in [6.45, 7) is 1.84. The van der Waals surface area contributed by atoms with Crippen LogP contribution in [-0.4, -0.2) is 25.6 Å². The van der Waals surface area contributed by atoms with Crippen LogP contribution in [0, 0.1) is 6.92 Å². The summed E-state index contributed by atoms with van der Waals surface area (Å²) >= 11 is 0. The molecule has 1 aromatic heterocycles. The lowest BCUT2D eigenvalue weighted by Gasteiger charge is -2.03. The molecule has 1 atom stereocenters. The summed E-state index contributed by atoms with van der Waals surface area (Å²) in [6, 6.07) is 9.70. The van der Waals surface area contributed by atoms with Gasteiger partial charge in [-0.3, -0.25) is 4.21 Å². The average Bonchev–Trinajstić information content (AvgIpc) is 2.30. The van der Waals surface area contributed by atoms with Gasteiger partial charge in [0.2, 0.25) is 5.16 Å². The van der Waals surface area contributed by atoms with Crippen molar-refractivity contribution in [3.63, 3.8) is 0 Å². The molecule has 0 bridgehead atoms. The fourth-order valence-corrected chi connectivity index (χ4v) is 1.79. The quantitative estimate of drug-likeness (QED) is 0.790. The SMILES string of the molecule is Cc1nc(S(C)=O)nnc1-c1ccccc1. The predicted octanol–water partition coefficient (Wildman–Crippen LogP) is 1.58. The molecule has 0 aliphatic carbocycles. The van der Waals surface area contributed by atoms with E-state index in [0.717, 1.165) is 17.0 Å². The first-order valence-electron chi connectivity index (χ1n) is 4.78. The second-order valence-electron chi connectivity index (χ2n) is 3.35. The van der Waals surface area contributed by atoms with E-state index in [1.807, 2.05) is 37.3 Å². The summed E-state index contributed by atoms with van der Waals surface area (Å²) in [5, 5.41) is 8.19. The van der Waals surface area contributed by atoms with Crippen molar-refractivity contribution in [1.82, 2.24) is 15.2 Å². The molecule has 0 aliphatic heterocycles. The van der Waals surface area contributed by atoms with Crippen molar-refractivity contribution in [2.45, 2.75) is 12.1 Å². The zero-order valence-corrected chi connectivity index (χ0v) is 9.86. The number of hydrogen-bond donors (Lipinski definition) is 0. The van der Waals surface area contributed by atoms with Crippen LogP contribution >= 0.6 is 0 Å². The highest BCUT2D eigenvalue weighted by molar-refractivity contribution is 7.84. The molecule has 1 aromatic carbocycles. The van der Waals surface area contributed by atoms with Crippen molar-refractivity contribution in [1.29, 1.82) is 0 Å². The lowest BCUT2D eigenvalue weighted by molar-refractivity contribution is 0.673. The van der Waals surface area contributed by atoms with Crippen LogP contribution < -0.4 is 0 Å². The summed E-state index contributed by atoms with van der Waals surface area (Å²) in [5.74, 6) is 0. The minimum atomic E-state index is -1.19. The fraction of sp³-hybridized carbons (Fsp3) is 0.182. The van der Waals surface area contributed by atoms with Crippen molar-refractivity contribution in [2.24, 2.45) is 0 Å². The Morgan fingerprint density at radius 1 is 1.12 bits per heavy atom. The Hall–Kier alpha value is -1.62. The number of aromatic nitrogens is 3. The Labute approximate surface area is 96.2 Å². The van der Waals surface area contributed by atoms with Gasteiger partial charge < -0.3 is 0 Å². The monoisotopic (exact) mass is 233 g/mol. The summed E-state index contributed by atoms with van der Waals surface area (Å²) in [5.41, 5.74) is 2.44. The maximum Gasteiger partial charge on any atom is 0.239 e. The average molecular weight is 233 g/mol. The maximum absolute atomic E-state index is 11.2. The summed E-state index contributed by atoms with van der Waals surface area (Å²) < 4.78 is 11.2. The van der Waals surface area contributed by atoms with Gasteiger partial charge in [0.15, 0.2) is 0 Å². The molecule has 0 saturated heterocycles. The lowest BCUT2D eigenvalue weighted by Crippen LogP contribution is -2.03. The lowest BCUT2D eigenvalue weighted by atomic mass is 10.1. The van der Waals surface area contributed by atoms with Gasteiger partial charge in [-0.25, -0.2) is 4.98 Å². The zero-order chi connectivity index (χ0) is 11.5. The highest BCUT2D eigenvalue weighted by Gasteiger charge is 2.08. The third-order valence-electron chi connectivity index (χ3n) is 2.15. The molecule has 0 radical (unpaired) electrons. The smallest absolute Gasteiger partial charge is 0.239 e. The molecule has 1 unspecified atom stereocenters. The molecule has 1 heterocycles. The second kappa shape index (κ2) is 4.49. The third-order valence-corrected chi connectivity index (χ3v) is 2.83. The number of rotatable bonds is 2. The Kier molecular flexibility index (Phi) is 3.05. The van der Waals surface area contributed by atoms with Crippen LogP contribution in [0.25, 0.3) is 11.3 Å². The van der Waals surface area contributed by atoms with E-state index in [-0.39, 0.29) is 5.16 Å². The summed E-state index contributed by atoms with van der Waals surface area (Å²) in [7, 11) is -1.19. The first kappa shape index (κ1) is 10.9.